The topological polar surface area (TPSA) is 29.3 Å². The van der Waals surface area contributed by atoms with E-state index in [9.17, 15) is 4.79 Å². The molecule has 2 rings (SSSR count). The van der Waals surface area contributed by atoms with E-state index in [0.717, 1.165) is 12.2 Å². The zero-order valence-electron chi connectivity index (χ0n) is 9.93. The van der Waals surface area contributed by atoms with E-state index in [1.54, 1.807) is 0 Å². The lowest BCUT2D eigenvalue weighted by atomic mass is 10.2. The summed E-state index contributed by atoms with van der Waals surface area (Å²) < 4.78 is 5.33. The Balaban J connectivity index is 1.95. The van der Waals surface area contributed by atoms with Gasteiger partial charge in [-0.05, 0) is 32.9 Å². The van der Waals surface area contributed by atoms with Crippen LogP contribution < -0.4 is 4.90 Å². The summed E-state index contributed by atoms with van der Waals surface area (Å²) in [6.07, 6.45) is 0. The van der Waals surface area contributed by atoms with Crippen molar-refractivity contribution in [1.82, 2.24) is 0 Å². The lowest BCUT2D eigenvalue weighted by Crippen LogP contribution is -2.28. The fraction of sp³-hybridized carbons (Fsp3) is 0.462. The largest absolute Gasteiger partial charge is 0.458 e. The van der Waals surface area contributed by atoms with Gasteiger partial charge in [0, 0.05) is 5.69 Å². The smallest absolute Gasteiger partial charge is 0.331 e. The van der Waals surface area contributed by atoms with Crippen LogP contribution in [0.25, 0.3) is 0 Å². The maximum absolute atomic E-state index is 11.7. The number of hydrogen-bond acceptors (Lipinski definition) is 3. The van der Waals surface area contributed by atoms with Crippen LogP contribution in [0.5, 0.6) is 0 Å². The summed E-state index contributed by atoms with van der Waals surface area (Å²) in [5, 5.41) is 0. The van der Waals surface area contributed by atoms with Crippen LogP contribution in [-0.4, -0.2) is 24.2 Å². The first-order chi connectivity index (χ1) is 7.47. The minimum absolute atomic E-state index is 0.0957. The van der Waals surface area contributed by atoms with Gasteiger partial charge in [0.2, 0.25) is 0 Å². The van der Waals surface area contributed by atoms with E-state index >= 15 is 0 Å². The molecule has 0 radical (unpaired) electrons. The number of anilines is 1. The summed E-state index contributed by atoms with van der Waals surface area (Å²) in [7, 11) is 0. The van der Waals surface area contributed by atoms with Crippen molar-refractivity contribution in [1.29, 1.82) is 0 Å². The number of para-hydroxylation sites is 1. The number of nitrogens with zero attached hydrogens (tertiary/aromatic N) is 1. The first kappa shape index (κ1) is 11.0. The molecule has 1 fully saturated rings. The van der Waals surface area contributed by atoms with Gasteiger partial charge in [0.05, 0.1) is 6.54 Å². The molecule has 86 valence electrons. The molecule has 0 N–H and O–H groups in total. The fourth-order valence-corrected chi connectivity index (χ4v) is 1.62. The molecule has 0 bridgehead atoms. The van der Waals surface area contributed by atoms with Gasteiger partial charge >= 0.3 is 5.97 Å². The second-order valence-electron chi connectivity index (χ2n) is 5.04. The summed E-state index contributed by atoms with van der Waals surface area (Å²) in [4.78, 5) is 13.8. The molecular weight excluding hydrogens is 202 g/mol. The molecule has 1 aliphatic rings. The first-order valence-electron chi connectivity index (χ1n) is 5.52. The molecule has 3 nitrogen and oxygen atoms in total. The molecule has 1 aromatic carbocycles. The Labute approximate surface area is 96.0 Å². The molecule has 3 heteroatoms. The van der Waals surface area contributed by atoms with E-state index in [1.807, 2.05) is 56.0 Å². The summed E-state index contributed by atoms with van der Waals surface area (Å²) in [5.41, 5.74) is 0.681. The SMILES string of the molecule is CC(C)(C)OC(=O)C1CN1c1ccccc1. The standard InChI is InChI=1S/C13H17NO2/c1-13(2,3)16-12(15)11-9-14(11)10-7-5-4-6-8-10/h4-8,11H,9H2,1-3H3. The van der Waals surface area contributed by atoms with Gasteiger partial charge in [-0.1, -0.05) is 18.2 Å². The molecule has 1 atom stereocenters. The number of rotatable bonds is 2. The van der Waals surface area contributed by atoms with E-state index in [2.05, 4.69) is 0 Å². The Morgan fingerprint density at radius 1 is 1.31 bits per heavy atom. The van der Waals surface area contributed by atoms with E-state index in [0.29, 0.717) is 0 Å². The van der Waals surface area contributed by atoms with Crippen LogP contribution in [0.4, 0.5) is 5.69 Å². The predicted octanol–water partition coefficient (Wildman–Crippen LogP) is 2.22. The van der Waals surface area contributed by atoms with E-state index in [4.69, 9.17) is 4.74 Å². The highest BCUT2D eigenvalue weighted by molar-refractivity contribution is 5.86. The van der Waals surface area contributed by atoms with Crippen LogP contribution in [0.3, 0.4) is 0 Å². The van der Waals surface area contributed by atoms with Gasteiger partial charge < -0.3 is 9.64 Å². The molecular formula is C13H17NO2. The molecule has 1 heterocycles. The monoisotopic (exact) mass is 219 g/mol. The zero-order valence-corrected chi connectivity index (χ0v) is 9.93. The van der Waals surface area contributed by atoms with Crippen molar-refractivity contribution in [3.63, 3.8) is 0 Å². The van der Waals surface area contributed by atoms with Crippen LogP contribution in [0.15, 0.2) is 30.3 Å². The minimum atomic E-state index is -0.401. The van der Waals surface area contributed by atoms with E-state index in [1.165, 1.54) is 0 Å². The number of ether oxygens (including phenoxy) is 1. The zero-order chi connectivity index (χ0) is 11.8. The van der Waals surface area contributed by atoms with E-state index in [-0.39, 0.29) is 12.0 Å². The highest BCUT2D eigenvalue weighted by atomic mass is 16.6. The second-order valence-corrected chi connectivity index (χ2v) is 5.04. The van der Waals surface area contributed by atoms with Crippen LogP contribution in [0.1, 0.15) is 20.8 Å². The maximum atomic E-state index is 11.7. The molecule has 0 aliphatic carbocycles. The van der Waals surface area contributed by atoms with Crippen molar-refractivity contribution in [3.05, 3.63) is 30.3 Å². The third-order valence-corrected chi connectivity index (χ3v) is 2.38. The summed E-state index contributed by atoms with van der Waals surface area (Å²) in [5.74, 6) is -0.128. The molecule has 16 heavy (non-hydrogen) atoms. The molecule has 0 spiro atoms. The molecule has 0 aromatic heterocycles. The molecule has 1 saturated heterocycles. The predicted molar refractivity (Wildman–Crippen MR) is 63.4 cm³/mol. The van der Waals surface area contributed by atoms with E-state index < -0.39 is 5.60 Å². The number of esters is 1. The van der Waals surface area contributed by atoms with Crippen LogP contribution >= 0.6 is 0 Å². The normalized spacial score (nSPS) is 19.4. The third kappa shape index (κ3) is 2.54. The van der Waals surface area contributed by atoms with Gasteiger partial charge in [0.15, 0.2) is 0 Å². The average Bonchev–Trinajstić information content (AvgIpc) is 2.96. The number of carbonyl (C=O) groups is 1. The minimum Gasteiger partial charge on any atom is -0.458 e. The lowest BCUT2D eigenvalue weighted by molar-refractivity contribution is -0.153. The quantitative estimate of drug-likeness (QED) is 0.564. The Bertz CT molecular complexity index is 381. The molecule has 1 aliphatic heterocycles. The molecule has 0 saturated carbocycles. The van der Waals surface area contributed by atoms with Gasteiger partial charge in [0.25, 0.3) is 0 Å². The Hall–Kier alpha value is -1.51. The number of benzene rings is 1. The van der Waals surface area contributed by atoms with Gasteiger partial charge in [-0.25, -0.2) is 4.79 Å². The van der Waals surface area contributed by atoms with Crippen molar-refractivity contribution in [2.75, 3.05) is 11.4 Å². The maximum Gasteiger partial charge on any atom is 0.331 e. The fourth-order valence-electron chi connectivity index (χ4n) is 1.62. The summed E-state index contributed by atoms with van der Waals surface area (Å²) in [6, 6.07) is 9.82. The van der Waals surface area contributed by atoms with Gasteiger partial charge in [-0.2, -0.15) is 0 Å². The summed E-state index contributed by atoms with van der Waals surface area (Å²) >= 11 is 0. The van der Waals surface area contributed by atoms with Gasteiger partial charge in [-0.3, -0.25) is 0 Å². The van der Waals surface area contributed by atoms with Crippen molar-refractivity contribution in [2.24, 2.45) is 0 Å². The third-order valence-electron chi connectivity index (χ3n) is 2.38. The van der Waals surface area contributed by atoms with Crippen LogP contribution in [0.2, 0.25) is 0 Å². The van der Waals surface area contributed by atoms with Crippen molar-refractivity contribution in [2.45, 2.75) is 32.4 Å². The van der Waals surface area contributed by atoms with Crippen LogP contribution in [0, 0.1) is 0 Å². The Morgan fingerprint density at radius 2 is 1.94 bits per heavy atom. The number of carbonyl (C=O) groups excluding carboxylic acids is 1. The summed E-state index contributed by atoms with van der Waals surface area (Å²) in [6.45, 7) is 6.43. The second kappa shape index (κ2) is 3.81. The van der Waals surface area contributed by atoms with Crippen molar-refractivity contribution >= 4 is 11.7 Å². The molecule has 0 amide bonds. The Kier molecular flexibility index (Phi) is 2.62. The highest BCUT2D eigenvalue weighted by Crippen LogP contribution is 2.29. The van der Waals surface area contributed by atoms with Gasteiger partial charge in [0.1, 0.15) is 11.6 Å². The average molecular weight is 219 g/mol. The molecule has 1 aromatic rings. The van der Waals surface area contributed by atoms with Crippen molar-refractivity contribution < 1.29 is 9.53 Å². The van der Waals surface area contributed by atoms with Crippen molar-refractivity contribution in [3.8, 4) is 0 Å². The van der Waals surface area contributed by atoms with Crippen LogP contribution in [-0.2, 0) is 9.53 Å². The highest BCUT2D eigenvalue weighted by Gasteiger charge is 2.43. The Morgan fingerprint density at radius 3 is 2.50 bits per heavy atom. The number of hydrogen-bond donors (Lipinski definition) is 0. The molecule has 1 unspecified atom stereocenters. The lowest BCUT2D eigenvalue weighted by Gasteiger charge is -2.19. The van der Waals surface area contributed by atoms with Gasteiger partial charge in [-0.15, -0.1) is 0 Å². The first-order valence-corrected chi connectivity index (χ1v) is 5.52.